The fourth-order valence-electron chi connectivity index (χ4n) is 3.92. The predicted octanol–water partition coefficient (Wildman–Crippen LogP) is 4.89. The Labute approximate surface area is 137 Å². The first-order chi connectivity index (χ1) is 10.6. The first kappa shape index (κ1) is 16.0. The number of aromatic nitrogens is 1. The van der Waals surface area contributed by atoms with Crippen LogP contribution in [0.3, 0.4) is 0 Å². The number of hydrogen-bond donors (Lipinski definition) is 1. The van der Waals surface area contributed by atoms with Gasteiger partial charge in [0.15, 0.2) is 0 Å². The molecule has 1 amide bonds. The van der Waals surface area contributed by atoms with Crippen LogP contribution in [-0.4, -0.2) is 16.9 Å². The Morgan fingerprint density at radius 2 is 1.91 bits per heavy atom. The van der Waals surface area contributed by atoms with E-state index < -0.39 is 0 Å². The summed E-state index contributed by atoms with van der Waals surface area (Å²) in [5.74, 6) is 0.615. The number of hydrogen-bond acceptors (Lipinski definition) is 3. The van der Waals surface area contributed by atoms with Gasteiger partial charge in [-0.25, -0.2) is 4.98 Å². The molecule has 2 aliphatic carbocycles. The summed E-state index contributed by atoms with van der Waals surface area (Å²) in [6.07, 6.45) is 11.2. The number of amides is 1. The molecule has 1 unspecified atom stereocenters. The lowest BCUT2D eigenvalue weighted by atomic mass is 9.73. The standard InChI is InChI=1S/C18H28N2OS/c1-18(2)11-7-6-10-15(18)20-16(21)14-12-22-17(19-14)13-8-4-3-5-9-13/h12-13,15H,3-11H2,1-2H3,(H,20,21). The highest BCUT2D eigenvalue weighted by atomic mass is 32.1. The molecule has 1 heterocycles. The van der Waals surface area contributed by atoms with Crippen molar-refractivity contribution in [2.75, 3.05) is 0 Å². The lowest BCUT2D eigenvalue weighted by Gasteiger charge is -2.38. The van der Waals surface area contributed by atoms with Gasteiger partial charge in [-0.3, -0.25) is 4.79 Å². The molecule has 0 saturated heterocycles. The molecule has 4 heteroatoms. The van der Waals surface area contributed by atoms with Gasteiger partial charge >= 0.3 is 0 Å². The smallest absolute Gasteiger partial charge is 0.270 e. The topological polar surface area (TPSA) is 42.0 Å². The Balaban J connectivity index is 1.64. The number of nitrogens with zero attached hydrogens (tertiary/aromatic N) is 1. The van der Waals surface area contributed by atoms with Crippen LogP contribution in [0.5, 0.6) is 0 Å². The van der Waals surface area contributed by atoms with Gasteiger partial charge in [-0.15, -0.1) is 11.3 Å². The van der Waals surface area contributed by atoms with Crippen molar-refractivity contribution in [3.63, 3.8) is 0 Å². The highest BCUT2D eigenvalue weighted by molar-refractivity contribution is 7.09. The predicted molar refractivity (Wildman–Crippen MR) is 91.4 cm³/mol. The van der Waals surface area contributed by atoms with Crippen molar-refractivity contribution >= 4 is 17.2 Å². The zero-order chi connectivity index (χ0) is 15.6. The minimum absolute atomic E-state index is 0.0262. The minimum Gasteiger partial charge on any atom is -0.347 e. The number of carbonyl (C=O) groups is 1. The Hall–Kier alpha value is -0.900. The molecule has 122 valence electrons. The normalized spacial score (nSPS) is 25.8. The minimum atomic E-state index is 0.0262. The molecule has 22 heavy (non-hydrogen) atoms. The van der Waals surface area contributed by atoms with Crippen LogP contribution in [0.2, 0.25) is 0 Å². The van der Waals surface area contributed by atoms with E-state index in [1.165, 1.54) is 56.4 Å². The van der Waals surface area contributed by atoms with E-state index in [1.54, 1.807) is 11.3 Å². The van der Waals surface area contributed by atoms with E-state index in [2.05, 4.69) is 24.1 Å². The summed E-state index contributed by atoms with van der Waals surface area (Å²) in [5, 5.41) is 6.37. The molecule has 0 aromatic carbocycles. The van der Waals surface area contributed by atoms with Crippen LogP contribution in [-0.2, 0) is 0 Å². The molecule has 1 aromatic rings. The summed E-state index contributed by atoms with van der Waals surface area (Å²) in [5.41, 5.74) is 0.836. The maximum absolute atomic E-state index is 12.5. The Morgan fingerprint density at radius 1 is 1.18 bits per heavy atom. The van der Waals surface area contributed by atoms with Crippen LogP contribution in [0.25, 0.3) is 0 Å². The molecule has 2 aliphatic rings. The molecule has 3 rings (SSSR count). The summed E-state index contributed by atoms with van der Waals surface area (Å²) in [6, 6.07) is 0.286. The Morgan fingerprint density at radius 3 is 2.64 bits per heavy atom. The van der Waals surface area contributed by atoms with Crippen LogP contribution < -0.4 is 5.32 Å². The summed E-state index contributed by atoms with van der Waals surface area (Å²) in [6.45, 7) is 4.54. The zero-order valence-electron chi connectivity index (χ0n) is 13.9. The van der Waals surface area contributed by atoms with Crippen molar-refractivity contribution in [3.8, 4) is 0 Å². The Kier molecular flexibility index (Phi) is 4.86. The molecular formula is C18H28N2OS. The van der Waals surface area contributed by atoms with Crippen LogP contribution in [0.1, 0.15) is 93.0 Å². The van der Waals surface area contributed by atoms with Gasteiger partial charge in [-0.2, -0.15) is 0 Å². The molecule has 2 fully saturated rings. The molecule has 2 saturated carbocycles. The molecule has 0 spiro atoms. The molecule has 0 bridgehead atoms. The van der Waals surface area contributed by atoms with E-state index in [0.29, 0.717) is 11.6 Å². The monoisotopic (exact) mass is 320 g/mol. The molecule has 3 nitrogen and oxygen atoms in total. The van der Waals surface area contributed by atoms with Crippen molar-refractivity contribution in [2.45, 2.75) is 83.6 Å². The molecule has 1 aromatic heterocycles. The third-order valence-electron chi connectivity index (χ3n) is 5.52. The van der Waals surface area contributed by atoms with Gasteiger partial charge in [-0.1, -0.05) is 46.0 Å². The number of nitrogens with one attached hydrogen (secondary N) is 1. The largest absolute Gasteiger partial charge is 0.347 e. The van der Waals surface area contributed by atoms with Crippen molar-refractivity contribution in [1.82, 2.24) is 10.3 Å². The van der Waals surface area contributed by atoms with E-state index in [1.807, 2.05) is 5.38 Å². The number of carbonyl (C=O) groups excluding carboxylic acids is 1. The lowest BCUT2D eigenvalue weighted by Crippen LogP contribution is -2.46. The Bertz CT molecular complexity index is 517. The summed E-state index contributed by atoms with van der Waals surface area (Å²) < 4.78 is 0. The highest BCUT2D eigenvalue weighted by Gasteiger charge is 2.33. The SMILES string of the molecule is CC1(C)CCCCC1NC(=O)c1csc(C2CCCCC2)n1. The highest BCUT2D eigenvalue weighted by Crippen LogP contribution is 2.36. The average Bonchev–Trinajstić information content (AvgIpc) is 3.00. The second kappa shape index (κ2) is 6.69. The van der Waals surface area contributed by atoms with Crippen LogP contribution >= 0.6 is 11.3 Å². The number of rotatable bonds is 3. The fraction of sp³-hybridized carbons (Fsp3) is 0.778. The van der Waals surface area contributed by atoms with Crippen LogP contribution in [0.4, 0.5) is 0 Å². The van der Waals surface area contributed by atoms with Crippen molar-refractivity contribution in [2.24, 2.45) is 5.41 Å². The van der Waals surface area contributed by atoms with E-state index >= 15 is 0 Å². The molecule has 1 N–H and O–H groups in total. The van der Waals surface area contributed by atoms with Crippen LogP contribution in [0, 0.1) is 5.41 Å². The van der Waals surface area contributed by atoms with Gasteiger partial charge < -0.3 is 5.32 Å². The van der Waals surface area contributed by atoms with Gasteiger partial charge in [0.1, 0.15) is 5.69 Å². The maximum Gasteiger partial charge on any atom is 0.270 e. The fourth-order valence-corrected chi connectivity index (χ4v) is 4.89. The van der Waals surface area contributed by atoms with Gasteiger partial charge in [0.05, 0.1) is 5.01 Å². The van der Waals surface area contributed by atoms with Crippen molar-refractivity contribution in [1.29, 1.82) is 0 Å². The van der Waals surface area contributed by atoms with Gasteiger partial charge in [-0.05, 0) is 31.1 Å². The molecule has 0 radical (unpaired) electrons. The van der Waals surface area contributed by atoms with E-state index in [0.717, 1.165) is 6.42 Å². The van der Waals surface area contributed by atoms with Gasteiger partial charge in [0, 0.05) is 17.3 Å². The summed E-state index contributed by atoms with van der Waals surface area (Å²) in [4.78, 5) is 17.2. The number of thiazole rings is 1. The second-order valence-electron chi connectivity index (χ2n) is 7.67. The van der Waals surface area contributed by atoms with E-state index in [-0.39, 0.29) is 17.4 Å². The first-order valence-corrected chi connectivity index (χ1v) is 9.70. The third-order valence-corrected chi connectivity index (χ3v) is 6.53. The summed E-state index contributed by atoms with van der Waals surface area (Å²) in [7, 11) is 0. The maximum atomic E-state index is 12.5. The molecule has 0 aliphatic heterocycles. The lowest BCUT2D eigenvalue weighted by molar-refractivity contribution is 0.0849. The van der Waals surface area contributed by atoms with Crippen LogP contribution in [0.15, 0.2) is 5.38 Å². The van der Waals surface area contributed by atoms with Gasteiger partial charge in [0.25, 0.3) is 5.91 Å². The second-order valence-corrected chi connectivity index (χ2v) is 8.56. The van der Waals surface area contributed by atoms with E-state index in [4.69, 9.17) is 0 Å². The molecular weight excluding hydrogens is 292 g/mol. The third kappa shape index (κ3) is 3.53. The van der Waals surface area contributed by atoms with E-state index in [9.17, 15) is 4.79 Å². The van der Waals surface area contributed by atoms with Crippen molar-refractivity contribution < 1.29 is 4.79 Å². The first-order valence-electron chi connectivity index (χ1n) is 8.82. The molecule has 1 atom stereocenters. The average molecular weight is 321 g/mol. The quantitative estimate of drug-likeness (QED) is 0.861. The summed E-state index contributed by atoms with van der Waals surface area (Å²) >= 11 is 1.67. The zero-order valence-corrected chi connectivity index (χ0v) is 14.7. The van der Waals surface area contributed by atoms with Gasteiger partial charge in [0.2, 0.25) is 0 Å². The van der Waals surface area contributed by atoms with Crippen molar-refractivity contribution in [3.05, 3.63) is 16.1 Å².